The molecule has 0 amide bonds. The van der Waals surface area contributed by atoms with Crippen LogP contribution in [0.2, 0.25) is 0 Å². The van der Waals surface area contributed by atoms with Gasteiger partial charge in [0.2, 0.25) is 5.95 Å². The molecular weight excluding hydrogens is 232 g/mol. The summed E-state index contributed by atoms with van der Waals surface area (Å²) in [6.45, 7) is 4.30. The van der Waals surface area contributed by atoms with Crippen LogP contribution in [0.1, 0.15) is 13.3 Å². The molecule has 0 saturated carbocycles. The molecular formula is C11H18N6O. The maximum absolute atomic E-state index is 5.29. The summed E-state index contributed by atoms with van der Waals surface area (Å²) in [5.41, 5.74) is 0.724. The zero-order valence-electron chi connectivity index (χ0n) is 10.7. The third kappa shape index (κ3) is 2.86. The number of nitrogens with one attached hydrogen (secondary N) is 3. The molecule has 0 aromatic carbocycles. The molecule has 0 aliphatic heterocycles. The van der Waals surface area contributed by atoms with Gasteiger partial charge in [-0.2, -0.15) is 15.1 Å². The Labute approximate surface area is 105 Å². The van der Waals surface area contributed by atoms with E-state index in [0.717, 1.165) is 43.0 Å². The molecule has 98 valence electrons. The van der Waals surface area contributed by atoms with Crippen LogP contribution in [0.5, 0.6) is 0 Å². The summed E-state index contributed by atoms with van der Waals surface area (Å²) in [5.74, 6) is 1.36. The second-order valence-corrected chi connectivity index (χ2v) is 3.76. The van der Waals surface area contributed by atoms with Crippen molar-refractivity contribution in [2.75, 3.05) is 37.4 Å². The predicted octanol–water partition coefficient (Wildman–Crippen LogP) is 1.23. The molecule has 0 radical (unpaired) electrons. The topological polar surface area (TPSA) is 87.8 Å². The minimum absolute atomic E-state index is 0.569. The van der Waals surface area contributed by atoms with Gasteiger partial charge in [0.1, 0.15) is 5.82 Å². The van der Waals surface area contributed by atoms with Crippen molar-refractivity contribution in [2.24, 2.45) is 0 Å². The van der Waals surface area contributed by atoms with E-state index in [9.17, 15) is 0 Å². The first-order valence-corrected chi connectivity index (χ1v) is 6.05. The molecule has 0 saturated heterocycles. The summed E-state index contributed by atoms with van der Waals surface area (Å²) < 4.78 is 5.29. The quantitative estimate of drug-likeness (QED) is 0.641. The first-order valence-electron chi connectivity index (χ1n) is 6.05. The number of aromatic amines is 1. The first kappa shape index (κ1) is 12.6. The van der Waals surface area contributed by atoms with E-state index in [1.807, 2.05) is 6.92 Å². The highest BCUT2D eigenvalue weighted by atomic mass is 16.5. The van der Waals surface area contributed by atoms with Crippen LogP contribution in [-0.2, 0) is 4.74 Å². The minimum atomic E-state index is 0.569. The Morgan fingerprint density at radius 3 is 3.06 bits per heavy atom. The van der Waals surface area contributed by atoms with Crippen molar-refractivity contribution in [3.05, 3.63) is 6.20 Å². The number of nitrogens with zero attached hydrogens (tertiary/aromatic N) is 3. The summed E-state index contributed by atoms with van der Waals surface area (Å²) in [5, 5.41) is 13.9. The van der Waals surface area contributed by atoms with Crippen molar-refractivity contribution in [1.82, 2.24) is 20.2 Å². The number of H-pyrrole nitrogens is 1. The maximum Gasteiger partial charge on any atom is 0.226 e. The first-order chi connectivity index (χ1) is 8.85. The van der Waals surface area contributed by atoms with Gasteiger partial charge in [-0.3, -0.25) is 5.10 Å². The highest BCUT2D eigenvalue weighted by Gasteiger charge is 2.07. The monoisotopic (exact) mass is 250 g/mol. The Bertz CT molecular complexity index is 497. The zero-order chi connectivity index (χ0) is 12.8. The molecule has 7 nitrogen and oxygen atoms in total. The molecule has 2 aromatic heterocycles. The number of aromatic nitrogens is 4. The largest absolute Gasteiger partial charge is 0.382 e. The van der Waals surface area contributed by atoms with Gasteiger partial charge in [0.15, 0.2) is 5.65 Å². The van der Waals surface area contributed by atoms with E-state index >= 15 is 0 Å². The standard InChI is InChI=1S/C11H18N6O/c1-3-18-6-4-5-13-9-8-7-14-17-10(8)16-11(12-2)15-9/h7H,3-6H2,1-2H3,(H3,12,13,14,15,16,17). The number of hydrogen-bond acceptors (Lipinski definition) is 6. The molecule has 0 fully saturated rings. The molecule has 0 unspecified atom stereocenters. The average molecular weight is 250 g/mol. The van der Waals surface area contributed by atoms with Gasteiger partial charge in [0.05, 0.1) is 11.6 Å². The van der Waals surface area contributed by atoms with E-state index in [1.165, 1.54) is 0 Å². The van der Waals surface area contributed by atoms with E-state index < -0.39 is 0 Å². The summed E-state index contributed by atoms with van der Waals surface area (Å²) >= 11 is 0. The van der Waals surface area contributed by atoms with Crippen molar-refractivity contribution >= 4 is 22.8 Å². The van der Waals surface area contributed by atoms with Gasteiger partial charge in [-0.05, 0) is 13.3 Å². The molecule has 0 spiro atoms. The third-order valence-electron chi connectivity index (χ3n) is 2.50. The number of rotatable bonds is 7. The van der Waals surface area contributed by atoms with Crippen molar-refractivity contribution < 1.29 is 4.74 Å². The lowest BCUT2D eigenvalue weighted by molar-refractivity contribution is 0.147. The Morgan fingerprint density at radius 1 is 1.39 bits per heavy atom. The fraction of sp³-hybridized carbons (Fsp3) is 0.545. The second-order valence-electron chi connectivity index (χ2n) is 3.76. The summed E-state index contributed by atoms with van der Waals surface area (Å²) in [7, 11) is 1.79. The Hall–Kier alpha value is -1.89. The normalized spacial score (nSPS) is 10.8. The molecule has 2 aromatic rings. The third-order valence-corrected chi connectivity index (χ3v) is 2.50. The molecule has 7 heteroatoms. The SMILES string of the molecule is CCOCCCNc1nc(NC)nc2[nH]ncc12. The van der Waals surface area contributed by atoms with Crippen LogP contribution in [0, 0.1) is 0 Å². The molecule has 0 aliphatic rings. The molecule has 2 heterocycles. The molecule has 0 aliphatic carbocycles. The lowest BCUT2D eigenvalue weighted by Crippen LogP contribution is -2.08. The van der Waals surface area contributed by atoms with Crippen LogP contribution >= 0.6 is 0 Å². The fourth-order valence-corrected chi connectivity index (χ4v) is 1.61. The van der Waals surface area contributed by atoms with Crippen LogP contribution in [0.4, 0.5) is 11.8 Å². The lowest BCUT2D eigenvalue weighted by Gasteiger charge is -2.08. The van der Waals surface area contributed by atoms with Crippen molar-refractivity contribution in [1.29, 1.82) is 0 Å². The maximum atomic E-state index is 5.29. The zero-order valence-corrected chi connectivity index (χ0v) is 10.7. The van der Waals surface area contributed by atoms with Crippen molar-refractivity contribution in [3.63, 3.8) is 0 Å². The molecule has 3 N–H and O–H groups in total. The molecule has 18 heavy (non-hydrogen) atoms. The van der Waals surface area contributed by atoms with Crippen LogP contribution in [-0.4, -0.2) is 47.0 Å². The smallest absolute Gasteiger partial charge is 0.226 e. The van der Waals surface area contributed by atoms with E-state index in [-0.39, 0.29) is 0 Å². The summed E-state index contributed by atoms with van der Waals surface area (Å²) in [4.78, 5) is 8.64. The minimum Gasteiger partial charge on any atom is -0.382 e. The summed E-state index contributed by atoms with van der Waals surface area (Å²) in [6.07, 6.45) is 2.66. The van der Waals surface area contributed by atoms with E-state index in [0.29, 0.717) is 5.95 Å². The van der Waals surface area contributed by atoms with Crippen molar-refractivity contribution in [2.45, 2.75) is 13.3 Å². The Kier molecular flexibility index (Phi) is 4.30. The van der Waals surface area contributed by atoms with Crippen molar-refractivity contribution in [3.8, 4) is 0 Å². The highest BCUT2D eigenvalue weighted by Crippen LogP contribution is 2.19. The van der Waals surface area contributed by atoms with Gasteiger partial charge >= 0.3 is 0 Å². The predicted molar refractivity (Wildman–Crippen MR) is 70.8 cm³/mol. The van der Waals surface area contributed by atoms with Gasteiger partial charge in [0.25, 0.3) is 0 Å². The molecule has 0 atom stereocenters. The number of fused-ring (bicyclic) bond motifs is 1. The van der Waals surface area contributed by atoms with Gasteiger partial charge in [-0.15, -0.1) is 0 Å². The van der Waals surface area contributed by atoms with Gasteiger partial charge < -0.3 is 15.4 Å². The van der Waals surface area contributed by atoms with Gasteiger partial charge in [-0.25, -0.2) is 0 Å². The van der Waals surface area contributed by atoms with Crippen LogP contribution in [0.3, 0.4) is 0 Å². The van der Waals surface area contributed by atoms with E-state index in [1.54, 1.807) is 13.2 Å². The molecule has 0 bridgehead atoms. The Morgan fingerprint density at radius 2 is 2.28 bits per heavy atom. The van der Waals surface area contributed by atoms with E-state index in [4.69, 9.17) is 4.74 Å². The van der Waals surface area contributed by atoms with Gasteiger partial charge in [-0.1, -0.05) is 0 Å². The Balaban J connectivity index is 2.04. The summed E-state index contributed by atoms with van der Waals surface area (Å²) in [6, 6.07) is 0. The van der Waals surface area contributed by atoms with Crippen LogP contribution < -0.4 is 10.6 Å². The fourth-order valence-electron chi connectivity index (χ4n) is 1.61. The lowest BCUT2D eigenvalue weighted by atomic mass is 10.3. The van der Waals surface area contributed by atoms with E-state index in [2.05, 4.69) is 30.8 Å². The van der Waals surface area contributed by atoms with Gasteiger partial charge in [0, 0.05) is 26.8 Å². The highest BCUT2D eigenvalue weighted by molar-refractivity contribution is 5.86. The van der Waals surface area contributed by atoms with Crippen LogP contribution in [0.15, 0.2) is 6.20 Å². The molecule has 2 rings (SSSR count). The second kappa shape index (κ2) is 6.15. The van der Waals surface area contributed by atoms with Crippen LogP contribution in [0.25, 0.3) is 11.0 Å². The number of anilines is 2. The number of ether oxygens (including phenoxy) is 1. The number of hydrogen-bond donors (Lipinski definition) is 3. The average Bonchev–Trinajstić information content (AvgIpc) is 2.86.